The lowest BCUT2D eigenvalue weighted by molar-refractivity contribution is -0.147. The van der Waals surface area contributed by atoms with E-state index in [1.165, 1.54) is 5.57 Å². The van der Waals surface area contributed by atoms with E-state index >= 15 is 0 Å². The van der Waals surface area contributed by atoms with Crippen LogP contribution >= 0.6 is 0 Å². The zero-order chi connectivity index (χ0) is 11.2. The van der Waals surface area contributed by atoms with Crippen molar-refractivity contribution in [1.29, 1.82) is 0 Å². The van der Waals surface area contributed by atoms with Crippen LogP contribution in [0.1, 0.15) is 13.8 Å². The van der Waals surface area contributed by atoms with E-state index in [2.05, 4.69) is 6.08 Å². The van der Waals surface area contributed by atoms with Crippen LogP contribution in [0.15, 0.2) is 11.6 Å². The van der Waals surface area contributed by atoms with Crippen molar-refractivity contribution in [3.05, 3.63) is 11.6 Å². The van der Waals surface area contributed by atoms with Gasteiger partial charge in [0.2, 0.25) is 0 Å². The maximum atomic E-state index is 12.0. The molecule has 84 valence electrons. The van der Waals surface area contributed by atoms with Crippen LogP contribution in [0.5, 0.6) is 0 Å². The van der Waals surface area contributed by atoms with Gasteiger partial charge in [-0.3, -0.25) is 4.79 Å². The summed E-state index contributed by atoms with van der Waals surface area (Å²) in [5.41, 5.74) is 1.20. The van der Waals surface area contributed by atoms with Crippen molar-refractivity contribution in [3.63, 3.8) is 0 Å². The minimum atomic E-state index is -0.339. The molecule has 3 nitrogen and oxygen atoms in total. The molecule has 15 heavy (non-hydrogen) atoms. The first-order chi connectivity index (χ1) is 7.11. The Morgan fingerprint density at radius 3 is 2.73 bits per heavy atom. The molecule has 1 saturated carbocycles. The molecule has 3 aliphatic rings. The summed E-state index contributed by atoms with van der Waals surface area (Å²) < 4.78 is 5.29. The van der Waals surface area contributed by atoms with Gasteiger partial charge in [-0.1, -0.05) is 18.6 Å². The molecule has 3 aliphatic carbocycles. The minimum Gasteiger partial charge on any atom is -0.396 e. The number of fused-ring (bicyclic) bond motifs is 2. The van der Waals surface area contributed by atoms with Crippen LogP contribution in [-0.2, 0) is 9.53 Å². The van der Waals surface area contributed by atoms with Crippen LogP contribution in [0.3, 0.4) is 0 Å². The summed E-state index contributed by atoms with van der Waals surface area (Å²) >= 11 is 0. The quantitative estimate of drug-likeness (QED) is 0.692. The van der Waals surface area contributed by atoms with Gasteiger partial charge in [-0.2, -0.15) is 0 Å². The molecule has 0 unspecified atom stereocenters. The SMILES string of the molecule is CO[C@H]1C(=O)[C@@H]2C=C(C)[C@H]1[C@H](CO)[C@H]2C. The number of Topliss-reactive ketones (excluding diaryl/α,β-unsaturated/α-hetero) is 1. The Kier molecular flexibility index (Phi) is 2.69. The van der Waals surface area contributed by atoms with Gasteiger partial charge in [-0.05, 0) is 18.8 Å². The third-order valence-electron chi connectivity index (χ3n) is 4.07. The van der Waals surface area contributed by atoms with Crippen molar-refractivity contribution in [3.8, 4) is 0 Å². The Labute approximate surface area is 90.1 Å². The van der Waals surface area contributed by atoms with Gasteiger partial charge in [-0.25, -0.2) is 0 Å². The fraction of sp³-hybridized carbons (Fsp3) is 0.750. The normalized spacial score (nSPS) is 44.4. The van der Waals surface area contributed by atoms with Gasteiger partial charge >= 0.3 is 0 Å². The van der Waals surface area contributed by atoms with Crippen LogP contribution in [0.2, 0.25) is 0 Å². The molecule has 0 aromatic heterocycles. The van der Waals surface area contributed by atoms with E-state index < -0.39 is 0 Å². The third kappa shape index (κ3) is 1.37. The van der Waals surface area contributed by atoms with E-state index in [0.29, 0.717) is 0 Å². The van der Waals surface area contributed by atoms with Gasteiger partial charge in [0.05, 0.1) is 0 Å². The Morgan fingerprint density at radius 2 is 2.20 bits per heavy atom. The molecule has 3 heteroatoms. The second-order valence-electron chi connectivity index (χ2n) is 4.73. The molecule has 0 aliphatic heterocycles. The molecule has 0 radical (unpaired) electrons. The molecular formula is C12H18O3. The van der Waals surface area contributed by atoms with Crippen molar-refractivity contribution in [2.24, 2.45) is 23.7 Å². The second-order valence-corrected chi connectivity index (χ2v) is 4.73. The smallest absolute Gasteiger partial charge is 0.169 e. The summed E-state index contributed by atoms with van der Waals surface area (Å²) in [6.07, 6.45) is 1.72. The lowest BCUT2D eigenvalue weighted by Gasteiger charge is -2.48. The number of carbonyl (C=O) groups excluding carboxylic acids is 1. The number of aliphatic hydroxyl groups is 1. The first-order valence-corrected chi connectivity index (χ1v) is 5.47. The summed E-state index contributed by atoms with van der Waals surface area (Å²) in [5, 5.41) is 9.41. The molecule has 5 atom stereocenters. The van der Waals surface area contributed by atoms with E-state index in [1.54, 1.807) is 7.11 Å². The molecule has 0 spiro atoms. The average Bonchev–Trinajstić information content (AvgIpc) is 2.22. The van der Waals surface area contributed by atoms with E-state index in [4.69, 9.17) is 4.74 Å². The molecule has 1 fully saturated rings. The minimum absolute atomic E-state index is 0.0582. The highest BCUT2D eigenvalue weighted by atomic mass is 16.5. The number of ether oxygens (including phenoxy) is 1. The lowest BCUT2D eigenvalue weighted by atomic mass is 9.58. The zero-order valence-electron chi connectivity index (χ0n) is 9.43. The van der Waals surface area contributed by atoms with Crippen LogP contribution < -0.4 is 0 Å². The number of ketones is 1. The summed E-state index contributed by atoms with van der Waals surface area (Å²) in [4.78, 5) is 12.0. The number of rotatable bonds is 2. The van der Waals surface area contributed by atoms with Gasteiger partial charge in [0.25, 0.3) is 0 Å². The van der Waals surface area contributed by atoms with Gasteiger partial charge in [-0.15, -0.1) is 0 Å². The highest BCUT2D eigenvalue weighted by molar-refractivity contribution is 5.90. The predicted octanol–water partition coefficient (Wildman–Crippen LogP) is 1.02. The Bertz CT molecular complexity index is 308. The van der Waals surface area contributed by atoms with E-state index in [-0.39, 0.29) is 42.2 Å². The van der Waals surface area contributed by atoms with Gasteiger partial charge in [0.15, 0.2) is 5.78 Å². The Balaban J connectivity index is 2.40. The molecule has 2 bridgehead atoms. The summed E-state index contributed by atoms with van der Waals surface area (Å²) in [6.45, 7) is 4.22. The number of methoxy groups -OCH3 is 1. The molecule has 0 saturated heterocycles. The molecule has 0 amide bonds. The fourth-order valence-corrected chi connectivity index (χ4v) is 3.19. The number of aliphatic hydroxyl groups excluding tert-OH is 1. The summed E-state index contributed by atoms with van der Waals surface area (Å²) in [5.74, 6) is 0.611. The van der Waals surface area contributed by atoms with Crippen molar-refractivity contribution in [1.82, 2.24) is 0 Å². The monoisotopic (exact) mass is 210 g/mol. The van der Waals surface area contributed by atoms with Crippen molar-refractivity contribution >= 4 is 5.78 Å². The lowest BCUT2D eigenvalue weighted by Crippen LogP contribution is -2.54. The molecule has 3 rings (SSSR count). The van der Waals surface area contributed by atoms with Gasteiger partial charge in [0, 0.05) is 25.6 Å². The first-order valence-electron chi connectivity index (χ1n) is 5.47. The summed E-state index contributed by atoms with van der Waals surface area (Å²) in [6, 6.07) is 0. The summed E-state index contributed by atoms with van der Waals surface area (Å²) in [7, 11) is 1.58. The third-order valence-corrected chi connectivity index (χ3v) is 4.07. The Morgan fingerprint density at radius 1 is 1.53 bits per heavy atom. The number of allylic oxidation sites excluding steroid dienone is 1. The topological polar surface area (TPSA) is 46.5 Å². The van der Waals surface area contributed by atoms with Gasteiger partial charge in [0.1, 0.15) is 6.10 Å². The molecular weight excluding hydrogens is 192 g/mol. The van der Waals surface area contributed by atoms with E-state index in [9.17, 15) is 9.90 Å². The van der Waals surface area contributed by atoms with Crippen molar-refractivity contribution in [2.45, 2.75) is 20.0 Å². The number of hydrogen-bond acceptors (Lipinski definition) is 3. The maximum absolute atomic E-state index is 12.0. The number of carbonyl (C=O) groups is 1. The van der Waals surface area contributed by atoms with E-state index in [0.717, 1.165) is 0 Å². The first kappa shape index (κ1) is 10.8. The Hall–Kier alpha value is -0.670. The largest absolute Gasteiger partial charge is 0.396 e. The van der Waals surface area contributed by atoms with Crippen LogP contribution in [0.4, 0.5) is 0 Å². The predicted molar refractivity (Wildman–Crippen MR) is 56.3 cm³/mol. The zero-order valence-corrected chi connectivity index (χ0v) is 9.43. The van der Waals surface area contributed by atoms with Crippen molar-refractivity contribution < 1.29 is 14.6 Å². The van der Waals surface area contributed by atoms with E-state index in [1.807, 2.05) is 13.8 Å². The molecule has 0 heterocycles. The van der Waals surface area contributed by atoms with Crippen LogP contribution in [-0.4, -0.2) is 30.7 Å². The molecule has 0 aromatic carbocycles. The van der Waals surface area contributed by atoms with Crippen LogP contribution in [0, 0.1) is 23.7 Å². The van der Waals surface area contributed by atoms with Crippen LogP contribution in [0.25, 0.3) is 0 Å². The fourth-order valence-electron chi connectivity index (χ4n) is 3.19. The second kappa shape index (κ2) is 3.72. The van der Waals surface area contributed by atoms with Crippen molar-refractivity contribution in [2.75, 3.05) is 13.7 Å². The number of hydrogen-bond donors (Lipinski definition) is 1. The molecule has 0 aromatic rings. The highest BCUT2D eigenvalue weighted by Crippen LogP contribution is 2.46. The molecule has 1 N–H and O–H groups in total. The average molecular weight is 210 g/mol. The maximum Gasteiger partial charge on any atom is 0.169 e. The standard InChI is InChI=1S/C12H18O3/c1-6-4-8-7(2)9(5-13)10(6)12(15-3)11(8)14/h4,7-10,12-13H,5H2,1-3H3/t7-,8+,9+,10-,12+/m0/s1. The van der Waals surface area contributed by atoms with Gasteiger partial charge < -0.3 is 9.84 Å². The highest BCUT2D eigenvalue weighted by Gasteiger charge is 2.51.